The summed E-state index contributed by atoms with van der Waals surface area (Å²) in [7, 11) is -3.20. The fourth-order valence-corrected chi connectivity index (χ4v) is 4.56. The average Bonchev–Trinajstić information content (AvgIpc) is 3.23. The lowest BCUT2D eigenvalue weighted by molar-refractivity contribution is 0.0692. The van der Waals surface area contributed by atoms with Crippen LogP contribution in [0.15, 0.2) is 22.8 Å². The number of piperazine rings is 1. The van der Waals surface area contributed by atoms with E-state index in [0.717, 1.165) is 4.88 Å². The lowest BCUT2D eigenvalue weighted by Crippen LogP contribution is -2.51. The molecule has 0 unspecified atom stereocenters. The van der Waals surface area contributed by atoms with Crippen molar-refractivity contribution in [2.24, 2.45) is 0 Å². The van der Waals surface area contributed by atoms with E-state index in [1.54, 1.807) is 30.2 Å². The van der Waals surface area contributed by atoms with Gasteiger partial charge in [-0.3, -0.25) is 4.79 Å². The third kappa shape index (κ3) is 3.24. The van der Waals surface area contributed by atoms with Crippen molar-refractivity contribution in [3.63, 3.8) is 0 Å². The molecule has 0 saturated carbocycles. The van der Waals surface area contributed by atoms with Gasteiger partial charge < -0.3 is 9.32 Å². The molecule has 0 atom stereocenters. The number of thiazole rings is 1. The lowest BCUT2D eigenvalue weighted by Gasteiger charge is -2.33. The van der Waals surface area contributed by atoms with Gasteiger partial charge in [0, 0.05) is 31.1 Å². The molecule has 3 heterocycles. The molecule has 2 aromatic rings. The quantitative estimate of drug-likeness (QED) is 0.821. The second-order valence-corrected chi connectivity index (χ2v) is 8.95. The summed E-state index contributed by atoms with van der Waals surface area (Å²) < 4.78 is 30.6. The molecule has 0 bridgehead atoms. The first-order valence-electron chi connectivity index (χ1n) is 7.70. The van der Waals surface area contributed by atoms with Gasteiger partial charge in [0.2, 0.25) is 10.0 Å². The van der Waals surface area contributed by atoms with Gasteiger partial charge in [0.1, 0.15) is 5.69 Å². The molecule has 130 valence electrons. The third-order valence-corrected chi connectivity index (χ3v) is 6.88. The van der Waals surface area contributed by atoms with Crippen LogP contribution < -0.4 is 0 Å². The molecule has 1 aliphatic rings. The van der Waals surface area contributed by atoms with Crippen LogP contribution in [-0.2, 0) is 10.0 Å². The van der Waals surface area contributed by atoms with E-state index >= 15 is 0 Å². The predicted molar refractivity (Wildman–Crippen MR) is 91.5 cm³/mol. The maximum atomic E-state index is 12.7. The van der Waals surface area contributed by atoms with E-state index in [2.05, 4.69) is 4.98 Å². The fraction of sp³-hybridized carbons (Fsp3) is 0.467. The number of hydrogen-bond donors (Lipinski definition) is 0. The Bertz CT molecular complexity index is 819. The monoisotopic (exact) mass is 369 g/mol. The van der Waals surface area contributed by atoms with Gasteiger partial charge in [-0.2, -0.15) is 4.31 Å². The summed E-state index contributed by atoms with van der Waals surface area (Å²) in [6, 6.07) is 3.59. The second kappa shape index (κ2) is 6.66. The topological polar surface area (TPSA) is 83.7 Å². The Morgan fingerprint density at radius 2 is 2.04 bits per heavy atom. The molecule has 1 aliphatic heterocycles. The van der Waals surface area contributed by atoms with Crippen molar-refractivity contribution < 1.29 is 17.6 Å². The van der Waals surface area contributed by atoms with Crippen molar-refractivity contribution in [2.75, 3.05) is 31.9 Å². The minimum absolute atomic E-state index is 0.0820. The maximum Gasteiger partial charge on any atom is 0.273 e. The largest absolute Gasteiger partial charge is 0.462 e. The lowest BCUT2D eigenvalue weighted by atomic mass is 10.3. The van der Waals surface area contributed by atoms with Crippen LogP contribution in [0.1, 0.15) is 22.3 Å². The molecule has 3 rings (SSSR count). The number of aromatic nitrogens is 1. The highest BCUT2D eigenvalue weighted by Gasteiger charge is 2.30. The minimum atomic E-state index is -3.20. The van der Waals surface area contributed by atoms with Gasteiger partial charge in [0.15, 0.2) is 10.8 Å². The van der Waals surface area contributed by atoms with Gasteiger partial charge >= 0.3 is 0 Å². The predicted octanol–water partition coefficient (Wildman–Crippen LogP) is 1.82. The molecule has 24 heavy (non-hydrogen) atoms. The van der Waals surface area contributed by atoms with Crippen molar-refractivity contribution in [3.05, 3.63) is 29.0 Å². The van der Waals surface area contributed by atoms with E-state index in [1.165, 1.54) is 15.6 Å². The van der Waals surface area contributed by atoms with Crippen molar-refractivity contribution in [1.29, 1.82) is 0 Å². The first-order valence-corrected chi connectivity index (χ1v) is 10.1. The van der Waals surface area contributed by atoms with Gasteiger partial charge in [-0.15, -0.1) is 11.3 Å². The Balaban J connectivity index is 1.72. The summed E-state index contributed by atoms with van der Waals surface area (Å²) >= 11 is 1.41. The average molecular weight is 369 g/mol. The number of rotatable bonds is 4. The van der Waals surface area contributed by atoms with Gasteiger partial charge in [-0.25, -0.2) is 13.4 Å². The van der Waals surface area contributed by atoms with Crippen LogP contribution in [-0.4, -0.2) is 60.4 Å². The van der Waals surface area contributed by atoms with E-state index in [9.17, 15) is 13.2 Å². The molecule has 9 heteroatoms. The van der Waals surface area contributed by atoms with Gasteiger partial charge in [-0.05, 0) is 26.0 Å². The Labute approximate surface area is 144 Å². The highest BCUT2D eigenvalue weighted by Crippen LogP contribution is 2.28. The molecule has 1 fully saturated rings. The molecule has 1 saturated heterocycles. The molecular weight excluding hydrogens is 350 g/mol. The smallest absolute Gasteiger partial charge is 0.273 e. The van der Waals surface area contributed by atoms with Crippen LogP contribution in [0.5, 0.6) is 0 Å². The van der Waals surface area contributed by atoms with E-state index in [1.807, 2.05) is 6.92 Å². The zero-order valence-corrected chi connectivity index (χ0v) is 15.2. The van der Waals surface area contributed by atoms with Gasteiger partial charge in [-0.1, -0.05) is 0 Å². The summed E-state index contributed by atoms with van der Waals surface area (Å²) in [5, 5.41) is 0.674. The summed E-state index contributed by atoms with van der Waals surface area (Å²) in [5.74, 6) is 0.565. The number of nitrogens with zero attached hydrogens (tertiary/aromatic N) is 3. The Kier molecular flexibility index (Phi) is 4.75. The number of aryl methyl sites for hydroxylation is 1. The van der Waals surface area contributed by atoms with Crippen LogP contribution in [0.4, 0.5) is 0 Å². The van der Waals surface area contributed by atoms with Crippen molar-refractivity contribution in [2.45, 2.75) is 13.8 Å². The van der Waals surface area contributed by atoms with E-state index < -0.39 is 10.0 Å². The highest BCUT2D eigenvalue weighted by atomic mass is 32.2. The summed E-state index contributed by atoms with van der Waals surface area (Å²) in [5.41, 5.74) is 0.415. The number of hydrogen-bond acceptors (Lipinski definition) is 6. The normalized spacial score (nSPS) is 16.5. The molecule has 0 radical (unpaired) electrons. The van der Waals surface area contributed by atoms with E-state index in [4.69, 9.17) is 4.42 Å². The van der Waals surface area contributed by atoms with E-state index in [0.29, 0.717) is 42.6 Å². The molecule has 0 spiro atoms. The summed E-state index contributed by atoms with van der Waals surface area (Å²) in [4.78, 5) is 19.6. The van der Waals surface area contributed by atoms with Crippen molar-refractivity contribution in [1.82, 2.24) is 14.2 Å². The number of carbonyl (C=O) groups excluding carboxylic acids is 1. The zero-order chi connectivity index (χ0) is 17.3. The number of sulfonamides is 1. The molecule has 1 amide bonds. The van der Waals surface area contributed by atoms with Gasteiger partial charge in [0.25, 0.3) is 5.91 Å². The Morgan fingerprint density at radius 3 is 2.62 bits per heavy atom. The number of furan rings is 1. The number of carbonyl (C=O) groups is 1. The SMILES string of the molecule is CCS(=O)(=O)N1CCN(C(=O)c2nc(-c3ccco3)sc2C)CC1. The fourth-order valence-electron chi connectivity index (χ4n) is 2.60. The van der Waals surface area contributed by atoms with Crippen molar-refractivity contribution >= 4 is 27.3 Å². The highest BCUT2D eigenvalue weighted by molar-refractivity contribution is 7.89. The van der Waals surface area contributed by atoms with E-state index in [-0.39, 0.29) is 11.7 Å². The van der Waals surface area contributed by atoms with Crippen LogP contribution in [0.3, 0.4) is 0 Å². The molecule has 0 N–H and O–H groups in total. The molecule has 0 aliphatic carbocycles. The zero-order valence-electron chi connectivity index (χ0n) is 13.6. The van der Waals surface area contributed by atoms with Gasteiger partial charge in [0.05, 0.1) is 12.0 Å². The molecular formula is C15H19N3O4S2. The van der Waals surface area contributed by atoms with Crippen LogP contribution >= 0.6 is 11.3 Å². The first-order chi connectivity index (χ1) is 11.4. The number of amides is 1. The van der Waals surface area contributed by atoms with Crippen LogP contribution in [0, 0.1) is 6.92 Å². The summed E-state index contributed by atoms with van der Waals surface area (Å²) in [6.07, 6.45) is 1.57. The van der Waals surface area contributed by atoms with Crippen LogP contribution in [0.25, 0.3) is 10.8 Å². The van der Waals surface area contributed by atoms with Crippen molar-refractivity contribution in [3.8, 4) is 10.8 Å². The standard InChI is InChI=1S/C15H19N3O4S2/c1-3-24(20,21)18-8-6-17(7-9-18)15(19)13-11(2)23-14(16-13)12-5-4-10-22-12/h4-5,10H,3,6-9H2,1-2H3. The maximum absolute atomic E-state index is 12.7. The van der Waals surface area contributed by atoms with Crippen LogP contribution in [0.2, 0.25) is 0 Å². The minimum Gasteiger partial charge on any atom is -0.462 e. The molecule has 7 nitrogen and oxygen atoms in total. The third-order valence-electron chi connectivity index (χ3n) is 4.02. The molecule has 0 aromatic carbocycles. The Morgan fingerprint density at radius 1 is 1.33 bits per heavy atom. The second-order valence-electron chi connectivity index (χ2n) is 5.49. The Hall–Kier alpha value is -1.71. The first kappa shape index (κ1) is 17.1. The summed E-state index contributed by atoms with van der Waals surface area (Å²) in [6.45, 7) is 4.90. The molecule has 2 aromatic heterocycles.